The van der Waals surface area contributed by atoms with Crippen LogP contribution in [0.1, 0.15) is 218 Å². The maximum atomic E-state index is 10.8. The first-order chi connectivity index (χ1) is 49.9. The molecule has 0 spiro atoms. The summed E-state index contributed by atoms with van der Waals surface area (Å²) in [5, 5.41) is 0. The first kappa shape index (κ1) is 119. The fourth-order valence-electron chi connectivity index (χ4n) is 5.19. The third kappa shape index (κ3) is 96.2. The third-order valence-corrected chi connectivity index (χ3v) is 8.60. The SMILES string of the molecule is CC.CC.CC.CC.CC.CC.CC.CC.CC.CC.CC.CC.CC(=O)Oc1ccccc1.CC(=O)Oc1ccccc1.CC(=O)Oc1ccccc1.COC(=O)c1ccccc1.COC(=O)c1ccccc1.COC(=O)c1ccccc1.c1ccccc1.c1ccccc1.c1ccccc1. The van der Waals surface area contributed by atoms with Gasteiger partial charge in [-0.05, 0) is 72.8 Å². The van der Waals surface area contributed by atoms with Crippen LogP contribution in [0.25, 0.3) is 0 Å². The van der Waals surface area contributed by atoms with Crippen molar-refractivity contribution in [2.24, 2.45) is 0 Å². The number of methoxy groups -OCH3 is 3. The molecule has 0 N–H and O–H groups in total. The molecule has 0 aromatic heterocycles. The molecular weight excluding hydrogens is 1270 g/mol. The lowest BCUT2D eigenvalue weighted by Crippen LogP contribution is -2.00. The van der Waals surface area contributed by atoms with Gasteiger partial charge in [0, 0.05) is 20.8 Å². The smallest absolute Gasteiger partial charge is 0.337 e. The number of carbonyl (C=O) groups is 6. The van der Waals surface area contributed by atoms with Crippen molar-refractivity contribution < 1.29 is 57.2 Å². The molecule has 9 aromatic rings. The molecule has 9 rings (SSSR count). The maximum Gasteiger partial charge on any atom is 0.337 e. The highest BCUT2D eigenvalue weighted by Gasteiger charge is 2.03. The Balaban J connectivity index is -0.0000000864. The molecule has 12 heteroatoms. The Morgan fingerprint density at radius 2 is 0.275 bits per heavy atom. The molecule has 0 unspecified atom stereocenters. The summed E-state index contributed by atoms with van der Waals surface area (Å²) in [6.07, 6.45) is 0. The van der Waals surface area contributed by atoms with Gasteiger partial charge < -0.3 is 28.4 Å². The first-order valence-electron chi connectivity index (χ1n) is 36.0. The average molecular weight is 1410 g/mol. The molecule has 0 radical (unpaired) electrons. The highest BCUT2D eigenvalue weighted by Crippen LogP contribution is 2.10. The Bertz CT molecular complexity index is 2470. The van der Waals surface area contributed by atoms with E-state index in [2.05, 4.69) is 14.2 Å². The van der Waals surface area contributed by atoms with Crippen LogP contribution in [-0.2, 0) is 28.6 Å². The van der Waals surface area contributed by atoms with E-state index in [0.717, 1.165) is 0 Å². The van der Waals surface area contributed by atoms with Crippen molar-refractivity contribution in [3.8, 4) is 17.2 Å². The van der Waals surface area contributed by atoms with Crippen molar-refractivity contribution in [1.82, 2.24) is 0 Å². The molecule has 0 saturated heterocycles. The van der Waals surface area contributed by atoms with Crippen molar-refractivity contribution in [3.05, 3.63) is 308 Å². The second-order valence-electron chi connectivity index (χ2n) is 14.8. The monoisotopic (exact) mass is 1410 g/mol. The summed E-state index contributed by atoms with van der Waals surface area (Å²) in [5.41, 5.74) is 1.76. The van der Waals surface area contributed by atoms with Gasteiger partial charge in [0.1, 0.15) is 17.2 Å². The largest absolute Gasteiger partial charge is 0.465 e. The van der Waals surface area contributed by atoms with Crippen LogP contribution in [0.3, 0.4) is 0 Å². The maximum absolute atomic E-state index is 10.8. The predicted molar refractivity (Wildman–Crippen MR) is 442 cm³/mol. The molecule has 0 atom stereocenters. The summed E-state index contributed by atoms with van der Waals surface area (Å²) in [7, 11) is 4.11. The Hall–Kier alpha value is -10.2. The molecule has 0 bridgehead atoms. The lowest BCUT2D eigenvalue weighted by molar-refractivity contribution is -0.132. The highest BCUT2D eigenvalue weighted by atomic mass is 16.5. The Morgan fingerprint density at radius 1 is 0.176 bits per heavy atom. The van der Waals surface area contributed by atoms with E-state index in [0.29, 0.717) is 33.9 Å². The van der Waals surface area contributed by atoms with Crippen molar-refractivity contribution in [3.63, 3.8) is 0 Å². The summed E-state index contributed by atoms with van der Waals surface area (Å²) in [6.45, 7) is 52.1. The molecule has 570 valence electrons. The van der Waals surface area contributed by atoms with Crippen LogP contribution in [0.2, 0.25) is 0 Å². The minimum Gasteiger partial charge on any atom is -0.465 e. The Morgan fingerprint density at radius 3 is 0.373 bits per heavy atom. The number of hydrogen-bond donors (Lipinski definition) is 0. The second-order valence-corrected chi connectivity index (χ2v) is 14.8. The molecule has 102 heavy (non-hydrogen) atoms. The first-order valence-corrected chi connectivity index (χ1v) is 36.0. The molecule has 0 aliphatic rings. The number of hydrogen-bond acceptors (Lipinski definition) is 12. The zero-order valence-corrected chi connectivity index (χ0v) is 68.6. The van der Waals surface area contributed by atoms with Crippen LogP contribution in [0.15, 0.2) is 291 Å². The van der Waals surface area contributed by atoms with E-state index in [9.17, 15) is 28.8 Å². The summed E-state index contributed by atoms with van der Waals surface area (Å²) in [5.74, 6) is 0.0467. The number of carbonyl (C=O) groups excluding carboxylic acids is 6. The number of para-hydroxylation sites is 3. The topological polar surface area (TPSA) is 158 Å². The quantitative estimate of drug-likeness (QED) is 0.0883. The second kappa shape index (κ2) is 115. The third-order valence-electron chi connectivity index (χ3n) is 8.60. The molecule has 0 aliphatic carbocycles. The molecule has 0 heterocycles. The van der Waals surface area contributed by atoms with E-state index in [1.807, 2.05) is 348 Å². The van der Waals surface area contributed by atoms with Crippen molar-refractivity contribution in [1.29, 1.82) is 0 Å². The normalized spacial score (nSPS) is 7.35. The minimum atomic E-state index is -0.291. The van der Waals surface area contributed by atoms with Crippen molar-refractivity contribution in [2.75, 3.05) is 21.3 Å². The van der Waals surface area contributed by atoms with Gasteiger partial charge in [-0.25, -0.2) is 14.4 Å². The van der Waals surface area contributed by atoms with Gasteiger partial charge in [0.05, 0.1) is 38.0 Å². The van der Waals surface area contributed by atoms with Gasteiger partial charge in [-0.3, -0.25) is 14.4 Å². The van der Waals surface area contributed by atoms with Crippen molar-refractivity contribution >= 4 is 35.8 Å². The van der Waals surface area contributed by atoms with E-state index in [4.69, 9.17) is 14.2 Å². The molecule has 0 fully saturated rings. The summed E-state index contributed by atoms with van der Waals surface area (Å²) >= 11 is 0. The van der Waals surface area contributed by atoms with E-state index >= 15 is 0 Å². The van der Waals surface area contributed by atoms with Gasteiger partial charge in [-0.15, -0.1) is 0 Å². The zero-order chi connectivity index (χ0) is 81.1. The Labute approximate surface area is 623 Å². The van der Waals surface area contributed by atoms with E-state index in [1.54, 1.807) is 109 Å². The Kier molecular flexibility index (Phi) is 134. The fourth-order valence-corrected chi connectivity index (χ4v) is 5.19. The van der Waals surface area contributed by atoms with E-state index < -0.39 is 0 Å². The summed E-state index contributed by atoms with van der Waals surface area (Å²) in [6, 6.07) is 89.6. The lowest BCUT2D eigenvalue weighted by Gasteiger charge is -1.97. The number of benzene rings is 9. The van der Waals surface area contributed by atoms with Crippen LogP contribution in [-0.4, -0.2) is 57.1 Å². The van der Waals surface area contributed by atoms with Crippen LogP contribution in [0.5, 0.6) is 17.2 Å². The van der Waals surface area contributed by atoms with Gasteiger partial charge in [-0.2, -0.15) is 0 Å². The van der Waals surface area contributed by atoms with E-state index in [1.165, 1.54) is 42.1 Å². The van der Waals surface area contributed by atoms with Crippen LogP contribution < -0.4 is 14.2 Å². The van der Waals surface area contributed by atoms with Gasteiger partial charge in [-0.1, -0.05) is 385 Å². The molecule has 0 aliphatic heterocycles. The van der Waals surface area contributed by atoms with Crippen LogP contribution in [0.4, 0.5) is 0 Å². The molecule has 9 aromatic carbocycles. The zero-order valence-electron chi connectivity index (χ0n) is 68.6. The highest BCUT2D eigenvalue weighted by molar-refractivity contribution is 5.90. The summed E-state index contributed by atoms with van der Waals surface area (Å²) < 4.78 is 27.8. The van der Waals surface area contributed by atoms with E-state index in [-0.39, 0.29) is 35.8 Å². The molecular formula is C90H138O12. The average Bonchev–Trinajstić information content (AvgIpc) is 1.04. The minimum absolute atomic E-state index is 0.286. The number of esters is 6. The van der Waals surface area contributed by atoms with Gasteiger partial charge in [0.15, 0.2) is 0 Å². The number of rotatable bonds is 6. The van der Waals surface area contributed by atoms with Crippen molar-refractivity contribution in [2.45, 2.75) is 187 Å². The molecule has 0 saturated carbocycles. The van der Waals surface area contributed by atoms with Gasteiger partial charge in [0.2, 0.25) is 0 Å². The van der Waals surface area contributed by atoms with Crippen LogP contribution >= 0.6 is 0 Å². The summed E-state index contributed by atoms with van der Waals surface area (Å²) in [4.78, 5) is 63.5. The molecule has 12 nitrogen and oxygen atoms in total. The van der Waals surface area contributed by atoms with Crippen LogP contribution in [0, 0.1) is 0 Å². The number of ether oxygens (including phenoxy) is 6. The van der Waals surface area contributed by atoms with Gasteiger partial charge >= 0.3 is 35.8 Å². The predicted octanol–water partition coefficient (Wildman–Crippen LogP) is 26.6. The van der Waals surface area contributed by atoms with Gasteiger partial charge in [0.25, 0.3) is 0 Å². The lowest BCUT2D eigenvalue weighted by atomic mass is 10.2. The fraction of sp³-hybridized carbons (Fsp3) is 0.333. The molecule has 0 amide bonds. The standard InChI is InChI=1S/6C8H8O2.3C6H6.12C2H6/c3*1-10-8(9)7-5-3-2-4-6-7;3*1-7(9)10-8-5-3-2-4-6-8;3*1-2-4-6-5-3-1;12*1-2/h6*2-6H,1H3;3*1-6H;12*1-2H3.